The predicted octanol–water partition coefficient (Wildman–Crippen LogP) is 1.84. The van der Waals surface area contributed by atoms with Crippen LogP contribution >= 0.6 is 11.8 Å². The Balaban J connectivity index is 1.82. The lowest BCUT2D eigenvalue weighted by molar-refractivity contribution is -0.139. The maximum Gasteiger partial charge on any atom is 0.305 e. The summed E-state index contributed by atoms with van der Waals surface area (Å²) in [6, 6.07) is 14.0. The third kappa shape index (κ3) is 4.95. The molecular weight excluding hydrogens is 392 g/mol. The number of hydrogen-bond acceptors (Lipinski definition) is 5. The number of carboxylic acids is 1. The number of carbonyl (C=O) groups is 3. The number of primary amides is 1. The van der Waals surface area contributed by atoms with Crippen molar-refractivity contribution in [1.82, 2.24) is 10.3 Å². The van der Waals surface area contributed by atoms with Gasteiger partial charge >= 0.3 is 5.97 Å². The van der Waals surface area contributed by atoms with Crippen LogP contribution in [0.5, 0.6) is 0 Å². The Bertz CT molecular complexity index is 1070. The highest BCUT2D eigenvalue weighted by Crippen LogP contribution is 2.36. The van der Waals surface area contributed by atoms with Gasteiger partial charge in [-0.1, -0.05) is 42.1 Å². The molecule has 0 fully saturated rings. The molecule has 1 atom stereocenters. The van der Waals surface area contributed by atoms with Crippen molar-refractivity contribution in [3.63, 3.8) is 0 Å². The minimum Gasteiger partial charge on any atom is -0.481 e. The van der Waals surface area contributed by atoms with Gasteiger partial charge in [0.2, 0.25) is 5.91 Å². The van der Waals surface area contributed by atoms with Crippen molar-refractivity contribution in [2.24, 2.45) is 11.5 Å². The maximum absolute atomic E-state index is 11.9. The molecule has 2 amide bonds. The number of carbonyl (C=O) groups excluding carboxylic acids is 2. The number of carboxylic acid groups (broad SMARTS) is 1. The highest BCUT2D eigenvalue weighted by atomic mass is 32.2. The Hall–Kier alpha value is -3.30. The van der Waals surface area contributed by atoms with E-state index in [1.165, 1.54) is 11.8 Å². The van der Waals surface area contributed by atoms with Gasteiger partial charge < -0.3 is 26.9 Å². The van der Waals surface area contributed by atoms with Gasteiger partial charge in [0.1, 0.15) is 5.69 Å². The Kier molecular flexibility index (Phi) is 6.20. The molecule has 1 unspecified atom stereocenters. The van der Waals surface area contributed by atoms with Gasteiger partial charge in [-0.2, -0.15) is 0 Å². The normalized spacial score (nSPS) is 11.9. The maximum atomic E-state index is 11.9. The summed E-state index contributed by atoms with van der Waals surface area (Å²) in [6.45, 7) is 0.175. The van der Waals surface area contributed by atoms with E-state index in [1.807, 2.05) is 42.5 Å². The minimum absolute atomic E-state index is 0.175. The summed E-state index contributed by atoms with van der Waals surface area (Å²) in [6.07, 6.45) is -0.441. The molecule has 0 saturated carbocycles. The van der Waals surface area contributed by atoms with Gasteiger partial charge in [0.25, 0.3) is 5.91 Å². The second-order valence-corrected chi connectivity index (χ2v) is 7.49. The van der Waals surface area contributed by atoms with Gasteiger partial charge in [-0.25, -0.2) is 0 Å². The Morgan fingerprint density at radius 3 is 2.52 bits per heavy atom. The Morgan fingerprint density at radius 1 is 1.14 bits per heavy atom. The minimum atomic E-state index is -1.14. The van der Waals surface area contributed by atoms with Gasteiger partial charge in [-0.3, -0.25) is 14.4 Å². The van der Waals surface area contributed by atoms with Crippen LogP contribution in [0.1, 0.15) is 22.5 Å². The van der Waals surface area contributed by atoms with E-state index in [-0.39, 0.29) is 6.54 Å². The summed E-state index contributed by atoms with van der Waals surface area (Å²) in [5.74, 6) is -2.24. The molecule has 150 valence electrons. The van der Waals surface area contributed by atoms with Crippen LogP contribution in [0.15, 0.2) is 58.3 Å². The van der Waals surface area contributed by atoms with E-state index in [2.05, 4.69) is 10.3 Å². The number of nitrogens with one attached hydrogen (secondary N) is 2. The molecule has 0 bridgehead atoms. The van der Waals surface area contributed by atoms with Crippen molar-refractivity contribution in [2.45, 2.75) is 28.8 Å². The summed E-state index contributed by atoms with van der Waals surface area (Å²) in [5.41, 5.74) is 12.9. The van der Waals surface area contributed by atoms with Crippen molar-refractivity contribution < 1.29 is 19.5 Å². The third-order valence-corrected chi connectivity index (χ3v) is 5.36. The smallest absolute Gasteiger partial charge is 0.305 e. The summed E-state index contributed by atoms with van der Waals surface area (Å²) >= 11 is 1.44. The number of amides is 2. The van der Waals surface area contributed by atoms with E-state index < -0.39 is 30.2 Å². The van der Waals surface area contributed by atoms with Gasteiger partial charge in [-0.15, -0.1) is 0 Å². The zero-order valence-electron chi connectivity index (χ0n) is 15.3. The van der Waals surface area contributed by atoms with Crippen LogP contribution in [0, 0.1) is 0 Å². The number of H-pyrrole nitrogens is 1. The SMILES string of the molecule is NC(=O)c1[nH]c2cc(CNC(=O)C(N)CC(=O)O)ccc2c1Sc1ccccc1. The second kappa shape index (κ2) is 8.80. The molecule has 9 heteroatoms. The molecule has 3 aromatic rings. The largest absolute Gasteiger partial charge is 0.481 e. The van der Waals surface area contributed by atoms with Gasteiger partial charge in [0.15, 0.2) is 0 Å². The van der Waals surface area contributed by atoms with E-state index in [9.17, 15) is 14.4 Å². The standard InChI is InChI=1S/C20H20N4O4S/c21-14(9-16(25)26)20(28)23-10-11-6-7-13-15(8-11)24-17(19(22)27)18(13)29-12-4-2-1-3-5-12/h1-8,14,24H,9-10,21H2,(H2,22,27)(H,23,28)(H,25,26). The van der Waals surface area contributed by atoms with Gasteiger partial charge in [-0.05, 0) is 23.8 Å². The van der Waals surface area contributed by atoms with Crippen LogP contribution in [0.25, 0.3) is 10.9 Å². The molecule has 8 nitrogen and oxygen atoms in total. The van der Waals surface area contributed by atoms with Crippen molar-refractivity contribution in [2.75, 3.05) is 0 Å². The lowest BCUT2D eigenvalue weighted by Gasteiger charge is -2.10. The van der Waals surface area contributed by atoms with E-state index in [1.54, 1.807) is 6.07 Å². The zero-order chi connectivity index (χ0) is 21.0. The Morgan fingerprint density at radius 2 is 1.86 bits per heavy atom. The Labute approximate surface area is 170 Å². The van der Waals surface area contributed by atoms with Gasteiger partial charge in [0, 0.05) is 22.3 Å². The van der Waals surface area contributed by atoms with Crippen LogP contribution in [-0.2, 0) is 16.1 Å². The quantitative estimate of drug-likeness (QED) is 0.381. The molecule has 0 aliphatic rings. The molecule has 29 heavy (non-hydrogen) atoms. The van der Waals surface area contributed by atoms with Crippen LogP contribution in [0.3, 0.4) is 0 Å². The lowest BCUT2D eigenvalue weighted by atomic mass is 10.1. The molecule has 2 aromatic carbocycles. The number of aromatic amines is 1. The fourth-order valence-electron chi connectivity index (χ4n) is 2.82. The molecule has 0 saturated heterocycles. The van der Waals surface area contributed by atoms with Crippen LogP contribution < -0.4 is 16.8 Å². The summed E-state index contributed by atoms with van der Waals surface area (Å²) in [5, 5.41) is 12.2. The van der Waals surface area contributed by atoms with Gasteiger partial charge in [0.05, 0.1) is 17.4 Å². The van der Waals surface area contributed by atoms with Crippen molar-refractivity contribution >= 4 is 40.4 Å². The molecule has 0 aliphatic carbocycles. The number of aromatic nitrogens is 1. The molecule has 0 aliphatic heterocycles. The summed E-state index contributed by atoms with van der Waals surface area (Å²) < 4.78 is 0. The average Bonchev–Trinajstić information content (AvgIpc) is 3.04. The second-order valence-electron chi connectivity index (χ2n) is 6.41. The third-order valence-electron chi connectivity index (χ3n) is 4.22. The number of rotatable bonds is 8. The topological polar surface area (TPSA) is 151 Å². The van der Waals surface area contributed by atoms with E-state index >= 15 is 0 Å². The lowest BCUT2D eigenvalue weighted by Crippen LogP contribution is -2.41. The zero-order valence-corrected chi connectivity index (χ0v) is 16.2. The highest BCUT2D eigenvalue weighted by Gasteiger charge is 2.19. The average molecular weight is 412 g/mol. The van der Waals surface area contributed by atoms with E-state index in [0.29, 0.717) is 11.2 Å². The number of benzene rings is 2. The first-order valence-electron chi connectivity index (χ1n) is 8.77. The molecule has 0 radical (unpaired) electrons. The molecule has 1 aromatic heterocycles. The highest BCUT2D eigenvalue weighted by molar-refractivity contribution is 7.99. The first-order chi connectivity index (χ1) is 13.8. The van der Waals surface area contributed by atoms with Crippen LogP contribution in [-0.4, -0.2) is 33.9 Å². The molecular formula is C20H20N4O4S. The number of hydrogen-bond donors (Lipinski definition) is 5. The van der Waals surface area contributed by atoms with Crippen molar-refractivity contribution in [3.05, 3.63) is 59.8 Å². The number of nitrogens with two attached hydrogens (primary N) is 2. The fourth-order valence-corrected chi connectivity index (χ4v) is 3.89. The van der Waals surface area contributed by atoms with Crippen molar-refractivity contribution in [3.8, 4) is 0 Å². The monoisotopic (exact) mass is 412 g/mol. The predicted molar refractivity (Wildman–Crippen MR) is 109 cm³/mol. The summed E-state index contributed by atoms with van der Waals surface area (Å²) in [4.78, 5) is 39.2. The molecule has 0 spiro atoms. The first-order valence-corrected chi connectivity index (χ1v) is 9.59. The van der Waals surface area contributed by atoms with Crippen LogP contribution in [0.2, 0.25) is 0 Å². The molecule has 1 heterocycles. The van der Waals surface area contributed by atoms with E-state index in [0.717, 1.165) is 20.7 Å². The first kappa shape index (κ1) is 20.4. The number of fused-ring (bicyclic) bond motifs is 1. The number of aliphatic carboxylic acids is 1. The molecule has 3 rings (SSSR count). The van der Waals surface area contributed by atoms with Crippen LogP contribution in [0.4, 0.5) is 0 Å². The van der Waals surface area contributed by atoms with E-state index in [4.69, 9.17) is 16.6 Å². The molecule has 7 N–H and O–H groups in total. The fraction of sp³-hybridized carbons (Fsp3) is 0.150. The van der Waals surface area contributed by atoms with Crippen molar-refractivity contribution in [1.29, 1.82) is 0 Å². The summed E-state index contributed by atoms with van der Waals surface area (Å²) in [7, 11) is 0.